The highest BCUT2D eigenvalue weighted by Gasteiger charge is 2.05. The second-order valence-corrected chi connectivity index (χ2v) is 4.06. The quantitative estimate of drug-likeness (QED) is 0.671. The highest BCUT2D eigenvalue weighted by molar-refractivity contribution is 14.1. The van der Waals surface area contributed by atoms with Crippen LogP contribution in [0.4, 0.5) is 0 Å². The first-order chi connectivity index (χ1) is 5.74. The number of halogens is 2. The van der Waals surface area contributed by atoms with Crippen LogP contribution in [0.25, 0.3) is 0 Å². The first-order valence-electron chi connectivity index (χ1n) is 3.73. The summed E-state index contributed by atoms with van der Waals surface area (Å²) in [6.07, 6.45) is 0.404. The second kappa shape index (κ2) is 5.04. The van der Waals surface area contributed by atoms with Crippen LogP contribution in [0.5, 0.6) is 0 Å². The SMILES string of the molecule is OC(CCI)c1cccc(Cl)c1. The van der Waals surface area contributed by atoms with Crippen molar-refractivity contribution in [3.63, 3.8) is 0 Å². The van der Waals surface area contributed by atoms with Crippen LogP contribution in [0.3, 0.4) is 0 Å². The summed E-state index contributed by atoms with van der Waals surface area (Å²) in [6, 6.07) is 7.36. The van der Waals surface area contributed by atoms with E-state index >= 15 is 0 Å². The minimum atomic E-state index is -0.374. The summed E-state index contributed by atoms with van der Waals surface area (Å²) in [5.74, 6) is 0. The largest absolute Gasteiger partial charge is 0.388 e. The fraction of sp³-hybridized carbons (Fsp3) is 0.333. The lowest BCUT2D eigenvalue weighted by molar-refractivity contribution is 0.176. The molecule has 1 unspecified atom stereocenters. The fourth-order valence-electron chi connectivity index (χ4n) is 0.984. The van der Waals surface area contributed by atoms with Crippen LogP contribution in [-0.4, -0.2) is 9.53 Å². The normalized spacial score (nSPS) is 12.9. The number of rotatable bonds is 3. The molecule has 0 bridgehead atoms. The summed E-state index contributed by atoms with van der Waals surface area (Å²) in [4.78, 5) is 0. The summed E-state index contributed by atoms with van der Waals surface area (Å²) in [5, 5.41) is 10.3. The third kappa shape index (κ3) is 2.92. The fourth-order valence-corrected chi connectivity index (χ4v) is 1.77. The van der Waals surface area contributed by atoms with E-state index in [2.05, 4.69) is 22.6 Å². The molecule has 1 rings (SSSR count). The number of benzene rings is 1. The molecule has 1 atom stereocenters. The van der Waals surface area contributed by atoms with E-state index in [1.165, 1.54) is 0 Å². The van der Waals surface area contributed by atoms with Gasteiger partial charge in [-0.2, -0.15) is 0 Å². The Kier molecular flexibility index (Phi) is 4.32. The van der Waals surface area contributed by atoms with E-state index in [1.807, 2.05) is 18.2 Å². The first-order valence-corrected chi connectivity index (χ1v) is 5.64. The van der Waals surface area contributed by atoms with Crippen LogP contribution in [0.15, 0.2) is 24.3 Å². The Bertz CT molecular complexity index is 252. The molecule has 0 heterocycles. The lowest BCUT2D eigenvalue weighted by Crippen LogP contribution is -1.97. The molecule has 66 valence electrons. The molecule has 0 aliphatic carbocycles. The van der Waals surface area contributed by atoms with Crippen molar-refractivity contribution in [2.45, 2.75) is 12.5 Å². The molecule has 0 spiro atoms. The van der Waals surface area contributed by atoms with Gasteiger partial charge in [-0.3, -0.25) is 0 Å². The zero-order chi connectivity index (χ0) is 8.97. The van der Waals surface area contributed by atoms with Gasteiger partial charge in [-0.15, -0.1) is 0 Å². The lowest BCUT2D eigenvalue weighted by Gasteiger charge is -2.08. The van der Waals surface area contributed by atoms with E-state index in [0.717, 1.165) is 16.4 Å². The molecule has 0 aromatic heterocycles. The number of alkyl halides is 1. The molecule has 12 heavy (non-hydrogen) atoms. The Balaban J connectivity index is 2.73. The number of aliphatic hydroxyl groups excluding tert-OH is 1. The molecule has 0 saturated carbocycles. The lowest BCUT2D eigenvalue weighted by atomic mass is 10.1. The van der Waals surface area contributed by atoms with E-state index in [9.17, 15) is 5.11 Å². The van der Waals surface area contributed by atoms with Crippen LogP contribution in [0, 0.1) is 0 Å². The molecule has 0 amide bonds. The Morgan fingerprint density at radius 2 is 2.25 bits per heavy atom. The van der Waals surface area contributed by atoms with Gasteiger partial charge in [-0.05, 0) is 24.1 Å². The van der Waals surface area contributed by atoms with E-state index < -0.39 is 0 Å². The minimum Gasteiger partial charge on any atom is -0.388 e. The molecule has 0 saturated heterocycles. The molecule has 0 fully saturated rings. The number of aliphatic hydroxyl groups is 1. The first kappa shape index (κ1) is 10.3. The predicted octanol–water partition coefficient (Wildman–Crippen LogP) is 3.20. The van der Waals surface area contributed by atoms with Gasteiger partial charge >= 0.3 is 0 Å². The van der Waals surface area contributed by atoms with Crippen molar-refractivity contribution in [1.29, 1.82) is 0 Å². The molecule has 1 aromatic carbocycles. The molecule has 1 nitrogen and oxygen atoms in total. The van der Waals surface area contributed by atoms with Crippen molar-refractivity contribution < 1.29 is 5.11 Å². The average Bonchev–Trinajstić information content (AvgIpc) is 2.05. The summed E-state index contributed by atoms with van der Waals surface area (Å²) >= 11 is 8.02. The van der Waals surface area contributed by atoms with E-state index in [0.29, 0.717) is 5.02 Å². The van der Waals surface area contributed by atoms with Crippen LogP contribution in [0.1, 0.15) is 18.1 Å². The van der Waals surface area contributed by atoms with Gasteiger partial charge in [-0.1, -0.05) is 46.3 Å². The zero-order valence-corrected chi connectivity index (χ0v) is 9.42. The molecule has 1 N–H and O–H groups in total. The van der Waals surface area contributed by atoms with Gasteiger partial charge in [0.1, 0.15) is 0 Å². The molecule has 0 aliphatic rings. The van der Waals surface area contributed by atoms with Crippen molar-refractivity contribution in [1.82, 2.24) is 0 Å². The average molecular weight is 297 g/mol. The van der Waals surface area contributed by atoms with Gasteiger partial charge < -0.3 is 5.11 Å². The molecule has 0 aliphatic heterocycles. The standard InChI is InChI=1S/C9H10ClIO/c10-8-3-1-2-7(6-8)9(12)4-5-11/h1-3,6,9,12H,4-5H2. The highest BCUT2D eigenvalue weighted by Crippen LogP contribution is 2.20. The summed E-state index contributed by atoms with van der Waals surface area (Å²) in [7, 11) is 0. The van der Waals surface area contributed by atoms with Gasteiger partial charge in [0.25, 0.3) is 0 Å². The van der Waals surface area contributed by atoms with Gasteiger partial charge in [-0.25, -0.2) is 0 Å². The van der Waals surface area contributed by atoms with Crippen LogP contribution >= 0.6 is 34.2 Å². The maximum absolute atomic E-state index is 9.58. The van der Waals surface area contributed by atoms with E-state index in [1.54, 1.807) is 6.07 Å². The number of hydrogen-bond acceptors (Lipinski definition) is 1. The van der Waals surface area contributed by atoms with Gasteiger partial charge in [0.2, 0.25) is 0 Å². The third-order valence-electron chi connectivity index (χ3n) is 1.62. The van der Waals surface area contributed by atoms with Gasteiger partial charge in [0.05, 0.1) is 6.10 Å². The van der Waals surface area contributed by atoms with Crippen LogP contribution < -0.4 is 0 Å². The highest BCUT2D eigenvalue weighted by atomic mass is 127. The molecular weight excluding hydrogens is 286 g/mol. The van der Waals surface area contributed by atoms with Gasteiger partial charge in [0, 0.05) is 9.45 Å². The second-order valence-electron chi connectivity index (χ2n) is 2.55. The van der Waals surface area contributed by atoms with Crippen molar-refractivity contribution >= 4 is 34.2 Å². The third-order valence-corrected chi connectivity index (χ3v) is 2.47. The van der Waals surface area contributed by atoms with Crippen LogP contribution in [0.2, 0.25) is 5.02 Å². The van der Waals surface area contributed by atoms with Gasteiger partial charge in [0.15, 0.2) is 0 Å². The van der Waals surface area contributed by atoms with Crippen molar-refractivity contribution in [2.24, 2.45) is 0 Å². The molecule has 0 radical (unpaired) electrons. The maximum atomic E-state index is 9.58. The van der Waals surface area contributed by atoms with Crippen LogP contribution in [-0.2, 0) is 0 Å². The van der Waals surface area contributed by atoms with Crippen molar-refractivity contribution in [2.75, 3.05) is 4.43 Å². The maximum Gasteiger partial charge on any atom is 0.0797 e. The zero-order valence-electron chi connectivity index (χ0n) is 6.50. The summed E-state index contributed by atoms with van der Waals surface area (Å²) in [6.45, 7) is 0. The summed E-state index contributed by atoms with van der Waals surface area (Å²) < 4.78 is 0.950. The number of hydrogen-bond donors (Lipinski definition) is 1. The molecular formula is C9H10ClIO. The van der Waals surface area contributed by atoms with E-state index in [4.69, 9.17) is 11.6 Å². The minimum absolute atomic E-state index is 0.374. The molecule has 3 heteroatoms. The summed E-state index contributed by atoms with van der Waals surface area (Å²) in [5.41, 5.74) is 0.902. The Hall–Kier alpha value is 0.200. The topological polar surface area (TPSA) is 20.2 Å². The molecule has 1 aromatic rings. The predicted molar refractivity (Wildman–Crippen MR) is 59.9 cm³/mol. The Morgan fingerprint density at radius 1 is 1.50 bits per heavy atom. The van der Waals surface area contributed by atoms with E-state index in [-0.39, 0.29) is 6.10 Å². The Morgan fingerprint density at radius 3 is 2.83 bits per heavy atom. The van der Waals surface area contributed by atoms with Crippen molar-refractivity contribution in [3.8, 4) is 0 Å². The van der Waals surface area contributed by atoms with Crippen molar-refractivity contribution in [3.05, 3.63) is 34.9 Å². The monoisotopic (exact) mass is 296 g/mol. The Labute approximate surface area is 90.9 Å². The smallest absolute Gasteiger partial charge is 0.0797 e.